The quantitative estimate of drug-likeness (QED) is 0.793. The number of rotatable bonds is 4. The number of aliphatic hydroxyl groups is 1. The van der Waals surface area contributed by atoms with Crippen molar-refractivity contribution in [1.29, 1.82) is 0 Å². The van der Waals surface area contributed by atoms with Crippen LogP contribution in [-0.4, -0.2) is 36.8 Å². The van der Waals surface area contributed by atoms with Crippen molar-refractivity contribution < 1.29 is 18.7 Å². The second kappa shape index (κ2) is 7.59. The third-order valence-electron chi connectivity index (χ3n) is 3.80. The first-order valence-corrected chi connectivity index (χ1v) is 7.17. The fraction of sp³-hybridized carbons (Fsp3) is 0.312. The average Bonchev–Trinajstić information content (AvgIpc) is 3.14. The predicted molar refractivity (Wildman–Crippen MR) is 86.0 cm³/mol. The summed E-state index contributed by atoms with van der Waals surface area (Å²) in [7, 11) is 0. The molecule has 3 N–H and O–H groups in total. The highest BCUT2D eigenvalue weighted by atomic mass is 35.5. The Labute approximate surface area is 139 Å². The lowest BCUT2D eigenvalue weighted by atomic mass is 10.1. The van der Waals surface area contributed by atoms with Gasteiger partial charge in [0, 0.05) is 25.6 Å². The number of carbonyl (C=O) groups is 1. The number of benzene rings is 1. The van der Waals surface area contributed by atoms with Crippen LogP contribution in [0, 0.1) is 11.7 Å². The van der Waals surface area contributed by atoms with Crippen molar-refractivity contribution in [2.24, 2.45) is 5.92 Å². The molecule has 2 heterocycles. The number of hydrogen-bond acceptors (Lipinski definition) is 4. The van der Waals surface area contributed by atoms with Crippen molar-refractivity contribution in [3.63, 3.8) is 0 Å². The molecule has 2 unspecified atom stereocenters. The van der Waals surface area contributed by atoms with Gasteiger partial charge in [0.2, 0.25) is 0 Å². The minimum Gasteiger partial charge on any atom is -0.451 e. The van der Waals surface area contributed by atoms with Gasteiger partial charge in [0.25, 0.3) is 5.91 Å². The number of nitrogens with one attached hydrogen (secondary N) is 2. The summed E-state index contributed by atoms with van der Waals surface area (Å²) >= 11 is 0. The van der Waals surface area contributed by atoms with Gasteiger partial charge in [-0.05, 0) is 24.3 Å². The first kappa shape index (κ1) is 17.5. The fourth-order valence-electron chi connectivity index (χ4n) is 2.50. The maximum atomic E-state index is 13.7. The van der Waals surface area contributed by atoms with E-state index in [4.69, 9.17) is 4.42 Å². The van der Waals surface area contributed by atoms with Crippen LogP contribution in [0.2, 0.25) is 0 Å². The van der Waals surface area contributed by atoms with E-state index in [0.717, 1.165) is 0 Å². The first-order chi connectivity index (χ1) is 10.6. The molecule has 1 amide bonds. The number of β-amino-alcohol motifs (C(OH)–C–C–N with tert-alkyl or cyclic N) is 1. The lowest BCUT2D eigenvalue weighted by molar-refractivity contribution is 0.0900. The van der Waals surface area contributed by atoms with Crippen molar-refractivity contribution in [3.05, 3.63) is 48.0 Å². The minimum absolute atomic E-state index is 0. The van der Waals surface area contributed by atoms with Crippen molar-refractivity contribution in [2.75, 3.05) is 19.6 Å². The molecule has 2 atom stereocenters. The van der Waals surface area contributed by atoms with E-state index in [1.807, 2.05) is 0 Å². The Morgan fingerprint density at radius 3 is 2.78 bits per heavy atom. The molecule has 3 rings (SSSR count). The molecule has 2 aromatic rings. The highest BCUT2D eigenvalue weighted by Crippen LogP contribution is 2.24. The highest BCUT2D eigenvalue weighted by molar-refractivity contribution is 5.92. The smallest absolute Gasteiger partial charge is 0.287 e. The van der Waals surface area contributed by atoms with Crippen LogP contribution in [0.5, 0.6) is 0 Å². The first-order valence-electron chi connectivity index (χ1n) is 7.17. The lowest BCUT2D eigenvalue weighted by Gasteiger charge is -2.13. The van der Waals surface area contributed by atoms with E-state index in [9.17, 15) is 14.3 Å². The van der Waals surface area contributed by atoms with Gasteiger partial charge in [0.1, 0.15) is 11.6 Å². The van der Waals surface area contributed by atoms with Gasteiger partial charge in [-0.15, -0.1) is 12.4 Å². The van der Waals surface area contributed by atoms with Gasteiger partial charge < -0.3 is 20.2 Å². The molecule has 0 radical (unpaired) electrons. The zero-order valence-electron chi connectivity index (χ0n) is 12.3. The number of furan rings is 1. The van der Waals surface area contributed by atoms with E-state index in [0.29, 0.717) is 31.0 Å². The zero-order chi connectivity index (χ0) is 15.5. The van der Waals surface area contributed by atoms with Crippen LogP contribution in [0.25, 0.3) is 11.3 Å². The minimum atomic E-state index is -0.453. The van der Waals surface area contributed by atoms with E-state index in [1.54, 1.807) is 24.3 Å². The second-order valence-electron chi connectivity index (χ2n) is 5.34. The zero-order valence-corrected chi connectivity index (χ0v) is 13.1. The third kappa shape index (κ3) is 3.90. The molecule has 0 aliphatic carbocycles. The van der Waals surface area contributed by atoms with Gasteiger partial charge >= 0.3 is 0 Å². The second-order valence-corrected chi connectivity index (χ2v) is 5.34. The molecule has 7 heteroatoms. The Balaban J connectivity index is 0.00000192. The van der Waals surface area contributed by atoms with Crippen molar-refractivity contribution in [1.82, 2.24) is 10.6 Å². The molecule has 1 aromatic heterocycles. The number of aliphatic hydroxyl groups excluding tert-OH is 1. The van der Waals surface area contributed by atoms with Gasteiger partial charge in [-0.1, -0.05) is 12.1 Å². The number of carbonyl (C=O) groups excluding carboxylic acids is 1. The van der Waals surface area contributed by atoms with Crippen LogP contribution < -0.4 is 10.6 Å². The van der Waals surface area contributed by atoms with E-state index in [-0.39, 0.29) is 30.0 Å². The lowest BCUT2D eigenvalue weighted by Crippen LogP contribution is -2.34. The molecule has 23 heavy (non-hydrogen) atoms. The summed E-state index contributed by atoms with van der Waals surface area (Å²) < 4.78 is 19.1. The van der Waals surface area contributed by atoms with Crippen LogP contribution in [0.1, 0.15) is 10.6 Å². The Bertz CT molecular complexity index is 677. The van der Waals surface area contributed by atoms with Crippen LogP contribution in [0.15, 0.2) is 40.8 Å². The molecule has 0 saturated carbocycles. The van der Waals surface area contributed by atoms with Gasteiger partial charge in [-0.25, -0.2) is 4.39 Å². The van der Waals surface area contributed by atoms with E-state index < -0.39 is 11.9 Å². The molecule has 124 valence electrons. The largest absolute Gasteiger partial charge is 0.451 e. The topological polar surface area (TPSA) is 74.5 Å². The Morgan fingerprint density at radius 2 is 2.09 bits per heavy atom. The number of halogens is 2. The monoisotopic (exact) mass is 340 g/mol. The summed E-state index contributed by atoms with van der Waals surface area (Å²) in [6.07, 6.45) is -0.453. The Hall–Kier alpha value is -1.89. The standard InChI is InChI=1S/C16H17FN2O3.ClH/c17-12-4-2-1-3-11(12)14-5-6-15(22-14)16(21)19-8-10-7-18-9-13(10)20;/h1-6,10,13,18,20H,7-9H2,(H,19,21);1H. The molecule has 0 bridgehead atoms. The molecule has 1 aromatic carbocycles. The third-order valence-corrected chi connectivity index (χ3v) is 3.80. The average molecular weight is 341 g/mol. The van der Waals surface area contributed by atoms with Crippen LogP contribution in [0.4, 0.5) is 4.39 Å². The van der Waals surface area contributed by atoms with Crippen molar-refractivity contribution >= 4 is 18.3 Å². The molecule has 1 saturated heterocycles. The van der Waals surface area contributed by atoms with Gasteiger partial charge in [0.15, 0.2) is 5.76 Å². The summed E-state index contributed by atoms with van der Waals surface area (Å²) in [5, 5.41) is 15.5. The van der Waals surface area contributed by atoms with Gasteiger partial charge in [-0.2, -0.15) is 0 Å². The van der Waals surface area contributed by atoms with E-state index >= 15 is 0 Å². The summed E-state index contributed by atoms with van der Waals surface area (Å²) in [5.41, 5.74) is 0.317. The summed E-state index contributed by atoms with van der Waals surface area (Å²) in [6, 6.07) is 9.31. The van der Waals surface area contributed by atoms with Crippen LogP contribution >= 0.6 is 12.4 Å². The molecule has 1 fully saturated rings. The normalized spacial score (nSPS) is 20.1. The summed E-state index contributed by atoms with van der Waals surface area (Å²) in [5.74, 6) is -0.347. The Kier molecular flexibility index (Phi) is 5.76. The fourth-order valence-corrected chi connectivity index (χ4v) is 2.50. The SMILES string of the molecule is Cl.O=C(NCC1CNCC1O)c1ccc(-c2ccccc2F)o1. The maximum Gasteiger partial charge on any atom is 0.287 e. The van der Waals surface area contributed by atoms with Crippen molar-refractivity contribution in [2.45, 2.75) is 6.10 Å². The molecule has 1 aliphatic heterocycles. The van der Waals surface area contributed by atoms with Gasteiger partial charge in [-0.3, -0.25) is 4.79 Å². The van der Waals surface area contributed by atoms with Crippen molar-refractivity contribution in [3.8, 4) is 11.3 Å². The number of amides is 1. The molecular weight excluding hydrogens is 323 g/mol. The molecule has 5 nitrogen and oxygen atoms in total. The molecule has 0 spiro atoms. The maximum absolute atomic E-state index is 13.7. The summed E-state index contributed by atoms with van der Waals surface area (Å²) in [4.78, 5) is 12.0. The van der Waals surface area contributed by atoms with E-state index in [2.05, 4.69) is 10.6 Å². The Morgan fingerprint density at radius 1 is 1.30 bits per heavy atom. The predicted octanol–water partition coefficient (Wildman–Crippen LogP) is 1.82. The highest BCUT2D eigenvalue weighted by Gasteiger charge is 2.25. The summed E-state index contributed by atoms with van der Waals surface area (Å²) in [6.45, 7) is 1.57. The number of hydrogen-bond donors (Lipinski definition) is 3. The van der Waals surface area contributed by atoms with Crippen LogP contribution in [0.3, 0.4) is 0 Å². The molecule has 1 aliphatic rings. The molecular formula is C16H18ClFN2O3. The van der Waals surface area contributed by atoms with Crippen LogP contribution in [-0.2, 0) is 0 Å². The van der Waals surface area contributed by atoms with E-state index in [1.165, 1.54) is 12.1 Å². The van der Waals surface area contributed by atoms with Gasteiger partial charge in [0.05, 0.1) is 11.7 Å².